The molecule has 0 radical (unpaired) electrons. The SMILES string of the molecule is CCC(=O)c1sc(N(C)CCC(C)C)c(OC)c1N. The van der Waals surface area contributed by atoms with Gasteiger partial charge in [0.25, 0.3) is 0 Å². The van der Waals surface area contributed by atoms with Gasteiger partial charge in [-0.1, -0.05) is 20.8 Å². The molecule has 0 bridgehead atoms. The van der Waals surface area contributed by atoms with Crippen molar-refractivity contribution in [1.29, 1.82) is 0 Å². The maximum Gasteiger partial charge on any atom is 0.177 e. The Morgan fingerprint density at radius 2 is 2.11 bits per heavy atom. The van der Waals surface area contributed by atoms with Gasteiger partial charge in [-0.25, -0.2) is 0 Å². The van der Waals surface area contributed by atoms with Gasteiger partial charge in [-0.2, -0.15) is 0 Å². The van der Waals surface area contributed by atoms with Crippen molar-refractivity contribution in [3.05, 3.63) is 4.88 Å². The van der Waals surface area contributed by atoms with Crippen molar-refractivity contribution in [1.82, 2.24) is 0 Å². The van der Waals surface area contributed by atoms with Gasteiger partial charge in [-0.15, -0.1) is 11.3 Å². The summed E-state index contributed by atoms with van der Waals surface area (Å²) in [5.74, 6) is 1.35. The molecule has 1 heterocycles. The number of thiophene rings is 1. The Morgan fingerprint density at radius 1 is 1.47 bits per heavy atom. The number of ether oxygens (including phenoxy) is 1. The highest BCUT2D eigenvalue weighted by Crippen LogP contribution is 2.44. The van der Waals surface area contributed by atoms with Crippen LogP contribution in [0.15, 0.2) is 0 Å². The Bertz CT molecular complexity index is 441. The zero-order valence-corrected chi connectivity index (χ0v) is 13.3. The van der Waals surface area contributed by atoms with Gasteiger partial charge in [0, 0.05) is 20.0 Å². The van der Waals surface area contributed by atoms with Crippen LogP contribution in [0.1, 0.15) is 43.3 Å². The first-order valence-corrected chi connectivity index (χ1v) is 7.44. The van der Waals surface area contributed by atoms with Crippen LogP contribution >= 0.6 is 11.3 Å². The molecule has 0 unspecified atom stereocenters. The summed E-state index contributed by atoms with van der Waals surface area (Å²) in [5.41, 5.74) is 6.50. The number of hydrogen-bond acceptors (Lipinski definition) is 5. The van der Waals surface area contributed by atoms with Gasteiger partial charge in [-0.05, 0) is 12.3 Å². The van der Waals surface area contributed by atoms with E-state index in [4.69, 9.17) is 10.5 Å². The summed E-state index contributed by atoms with van der Waals surface area (Å²) in [6, 6.07) is 0. The molecule has 1 rings (SSSR count). The molecular weight excluding hydrogens is 260 g/mol. The van der Waals surface area contributed by atoms with E-state index in [0.717, 1.165) is 18.0 Å². The predicted molar refractivity (Wildman–Crippen MR) is 82.6 cm³/mol. The number of anilines is 2. The standard InChI is InChI=1S/C14H24N2O2S/c1-6-10(17)13-11(15)12(18-5)14(19-13)16(4)8-7-9(2)3/h9H,6-8,15H2,1-5H3. The molecule has 5 heteroatoms. The van der Waals surface area contributed by atoms with Gasteiger partial charge >= 0.3 is 0 Å². The highest BCUT2D eigenvalue weighted by atomic mass is 32.1. The van der Waals surface area contributed by atoms with Crippen LogP contribution in [0.4, 0.5) is 10.7 Å². The van der Waals surface area contributed by atoms with Crippen molar-refractivity contribution in [2.45, 2.75) is 33.6 Å². The molecule has 0 aliphatic carbocycles. The molecule has 2 N–H and O–H groups in total. The minimum atomic E-state index is 0.0734. The lowest BCUT2D eigenvalue weighted by atomic mass is 10.1. The molecular formula is C14H24N2O2S. The van der Waals surface area contributed by atoms with Crippen LogP contribution in [-0.4, -0.2) is 26.5 Å². The third kappa shape index (κ3) is 3.62. The lowest BCUT2D eigenvalue weighted by Gasteiger charge is -2.19. The normalized spacial score (nSPS) is 10.8. The number of methoxy groups -OCH3 is 1. The molecule has 108 valence electrons. The molecule has 0 spiro atoms. The maximum absolute atomic E-state index is 11.9. The van der Waals surface area contributed by atoms with E-state index in [-0.39, 0.29) is 5.78 Å². The average Bonchev–Trinajstić information content (AvgIpc) is 2.72. The molecule has 1 aromatic rings. The van der Waals surface area contributed by atoms with Gasteiger partial charge in [-0.3, -0.25) is 4.79 Å². The fraction of sp³-hybridized carbons (Fsp3) is 0.643. The van der Waals surface area contributed by atoms with Gasteiger partial charge in [0.1, 0.15) is 5.00 Å². The number of nitrogens with two attached hydrogens (primary N) is 1. The lowest BCUT2D eigenvalue weighted by molar-refractivity contribution is 0.0992. The van der Waals surface area contributed by atoms with Crippen LogP contribution in [0.25, 0.3) is 0 Å². The molecule has 0 amide bonds. The molecule has 0 atom stereocenters. The van der Waals surface area contributed by atoms with Gasteiger partial charge in [0.15, 0.2) is 11.5 Å². The Kier molecular flexibility index (Phi) is 5.66. The monoisotopic (exact) mass is 284 g/mol. The molecule has 1 aromatic heterocycles. The number of carbonyl (C=O) groups excluding carboxylic acids is 1. The van der Waals surface area contributed by atoms with Crippen LogP contribution in [-0.2, 0) is 0 Å². The van der Waals surface area contributed by atoms with Crippen molar-refractivity contribution in [2.75, 3.05) is 31.3 Å². The molecule has 19 heavy (non-hydrogen) atoms. The van der Waals surface area contributed by atoms with E-state index in [2.05, 4.69) is 18.7 Å². The molecule has 4 nitrogen and oxygen atoms in total. The fourth-order valence-electron chi connectivity index (χ4n) is 1.79. The predicted octanol–water partition coefficient (Wildman–Crippen LogP) is 3.41. The first-order valence-electron chi connectivity index (χ1n) is 6.62. The zero-order valence-electron chi connectivity index (χ0n) is 12.4. The highest BCUT2D eigenvalue weighted by Gasteiger charge is 2.22. The molecule has 0 aliphatic heterocycles. The van der Waals surface area contributed by atoms with Crippen LogP contribution in [0.2, 0.25) is 0 Å². The van der Waals surface area contributed by atoms with E-state index in [9.17, 15) is 4.79 Å². The molecule has 0 fully saturated rings. The Morgan fingerprint density at radius 3 is 2.58 bits per heavy atom. The number of carbonyl (C=O) groups is 1. The van der Waals surface area contributed by atoms with Crippen molar-refractivity contribution in [2.24, 2.45) is 5.92 Å². The Balaban J connectivity index is 3.03. The second kappa shape index (κ2) is 6.80. The third-order valence-electron chi connectivity index (χ3n) is 3.05. The van der Waals surface area contributed by atoms with E-state index >= 15 is 0 Å². The van der Waals surface area contributed by atoms with Crippen molar-refractivity contribution >= 4 is 27.8 Å². The van der Waals surface area contributed by atoms with Gasteiger partial charge in [0.05, 0.1) is 17.7 Å². The zero-order chi connectivity index (χ0) is 14.6. The summed E-state index contributed by atoms with van der Waals surface area (Å²) < 4.78 is 5.37. The minimum absolute atomic E-state index is 0.0734. The second-order valence-corrected chi connectivity index (χ2v) is 6.06. The number of Topliss-reactive ketones (excluding diaryl/α,β-unsaturated/α-hetero) is 1. The molecule has 0 aliphatic rings. The summed E-state index contributed by atoms with van der Waals surface area (Å²) in [5, 5.41) is 0.942. The third-order valence-corrected chi connectivity index (χ3v) is 4.39. The van der Waals surface area contributed by atoms with Crippen molar-refractivity contribution in [3.8, 4) is 5.75 Å². The molecule has 0 saturated carbocycles. The van der Waals surface area contributed by atoms with Crippen LogP contribution in [0, 0.1) is 5.92 Å². The fourth-order valence-corrected chi connectivity index (χ4v) is 2.97. The molecule has 0 aromatic carbocycles. The average molecular weight is 284 g/mol. The van der Waals surface area contributed by atoms with Crippen LogP contribution in [0.3, 0.4) is 0 Å². The summed E-state index contributed by atoms with van der Waals surface area (Å²) >= 11 is 1.43. The summed E-state index contributed by atoms with van der Waals surface area (Å²) in [4.78, 5) is 14.6. The van der Waals surface area contributed by atoms with E-state index in [0.29, 0.717) is 28.7 Å². The smallest absolute Gasteiger partial charge is 0.177 e. The summed E-state index contributed by atoms with van der Waals surface area (Å²) in [6.45, 7) is 7.16. The number of rotatable bonds is 7. The first kappa shape index (κ1) is 15.8. The summed E-state index contributed by atoms with van der Waals surface area (Å²) in [7, 11) is 3.61. The summed E-state index contributed by atoms with van der Waals surface area (Å²) in [6.07, 6.45) is 1.55. The number of nitrogen functional groups attached to an aromatic ring is 1. The van der Waals surface area contributed by atoms with Gasteiger partial charge < -0.3 is 15.4 Å². The van der Waals surface area contributed by atoms with Crippen molar-refractivity contribution in [3.63, 3.8) is 0 Å². The number of ketones is 1. The molecule has 0 saturated heterocycles. The van der Waals surface area contributed by atoms with Crippen molar-refractivity contribution < 1.29 is 9.53 Å². The van der Waals surface area contributed by atoms with Crippen LogP contribution in [0.5, 0.6) is 5.75 Å². The van der Waals surface area contributed by atoms with E-state index < -0.39 is 0 Å². The number of hydrogen-bond donors (Lipinski definition) is 1. The lowest BCUT2D eigenvalue weighted by Crippen LogP contribution is -2.19. The van der Waals surface area contributed by atoms with Gasteiger partial charge in [0.2, 0.25) is 0 Å². The quantitative estimate of drug-likeness (QED) is 0.780. The highest BCUT2D eigenvalue weighted by molar-refractivity contribution is 7.19. The number of nitrogens with zero attached hydrogens (tertiary/aromatic N) is 1. The largest absolute Gasteiger partial charge is 0.492 e. The Hall–Kier alpha value is -1.23. The Labute approximate surface area is 119 Å². The van der Waals surface area contributed by atoms with Crippen LogP contribution < -0.4 is 15.4 Å². The maximum atomic E-state index is 11.9. The first-order chi connectivity index (χ1) is 8.92. The van der Waals surface area contributed by atoms with E-state index in [1.54, 1.807) is 7.11 Å². The van der Waals surface area contributed by atoms with E-state index in [1.165, 1.54) is 11.3 Å². The topological polar surface area (TPSA) is 55.6 Å². The minimum Gasteiger partial charge on any atom is -0.492 e. The second-order valence-electron chi connectivity index (χ2n) is 5.06. The van der Waals surface area contributed by atoms with E-state index in [1.807, 2.05) is 14.0 Å².